The maximum absolute atomic E-state index is 13.0. The van der Waals surface area contributed by atoms with E-state index >= 15 is 0 Å². The van der Waals surface area contributed by atoms with Gasteiger partial charge >= 0.3 is 0 Å². The predicted molar refractivity (Wildman–Crippen MR) is 91.7 cm³/mol. The Bertz CT molecular complexity index is 695. The molecular formula is C17H20ClFN4O. The average molecular weight is 351 g/mol. The molecule has 1 aromatic heterocycles. The van der Waals surface area contributed by atoms with Crippen LogP contribution in [0.3, 0.4) is 0 Å². The zero-order chi connectivity index (χ0) is 17.1. The zero-order valence-electron chi connectivity index (χ0n) is 13.5. The van der Waals surface area contributed by atoms with E-state index < -0.39 is 6.04 Å². The third-order valence-corrected chi connectivity index (χ3v) is 4.57. The number of benzene rings is 1. The van der Waals surface area contributed by atoms with E-state index in [1.54, 1.807) is 29.9 Å². The predicted octanol–water partition coefficient (Wildman–Crippen LogP) is 3.02. The van der Waals surface area contributed by atoms with Crippen molar-refractivity contribution in [3.63, 3.8) is 0 Å². The minimum atomic E-state index is -0.396. The number of nitrogens with one attached hydrogen (secondary N) is 1. The van der Waals surface area contributed by atoms with E-state index in [2.05, 4.69) is 15.3 Å². The maximum Gasteiger partial charge on any atom is 0.244 e. The molecule has 2 aromatic rings. The topological polar surface area (TPSA) is 50.2 Å². The van der Waals surface area contributed by atoms with Crippen molar-refractivity contribution in [2.24, 2.45) is 0 Å². The number of halogens is 2. The van der Waals surface area contributed by atoms with Crippen LogP contribution < -0.4 is 10.2 Å². The number of nitrogens with zero attached hydrogens (tertiary/aromatic N) is 3. The number of rotatable bonds is 4. The third kappa shape index (κ3) is 3.87. The molecule has 0 saturated carbocycles. The Hall–Kier alpha value is -2.08. The molecule has 0 spiro atoms. The van der Waals surface area contributed by atoms with E-state index in [1.165, 1.54) is 18.3 Å². The molecule has 1 N–H and O–H groups in total. The van der Waals surface area contributed by atoms with Gasteiger partial charge in [-0.1, -0.05) is 11.6 Å². The molecular weight excluding hydrogens is 331 g/mol. The van der Waals surface area contributed by atoms with Crippen LogP contribution in [0.25, 0.3) is 0 Å². The molecule has 2 heterocycles. The van der Waals surface area contributed by atoms with Crippen molar-refractivity contribution in [2.45, 2.75) is 31.8 Å². The van der Waals surface area contributed by atoms with Gasteiger partial charge in [0.1, 0.15) is 11.9 Å². The molecule has 24 heavy (non-hydrogen) atoms. The minimum absolute atomic E-state index is 0.0602. The van der Waals surface area contributed by atoms with Gasteiger partial charge in [-0.2, -0.15) is 5.10 Å². The summed E-state index contributed by atoms with van der Waals surface area (Å²) in [5.41, 5.74) is 1.01. The molecule has 1 amide bonds. The monoisotopic (exact) mass is 350 g/mol. The average Bonchev–Trinajstić information content (AvgIpc) is 3.02. The van der Waals surface area contributed by atoms with Gasteiger partial charge in [0.05, 0.1) is 11.2 Å². The number of anilines is 1. The molecule has 7 heteroatoms. The van der Waals surface area contributed by atoms with Crippen molar-refractivity contribution in [3.05, 3.63) is 47.5 Å². The molecule has 1 aromatic carbocycles. The number of amides is 1. The molecule has 1 fully saturated rings. The van der Waals surface area contributed by atoms with Gasteiger partial charge in [-0.3, -0.25) is 9.48 Å². The van der Waals surface area contributed by atoms with Gasteiger partial charge < -0.3 is 10.2 Å². The Kier molecular flexibility index (Phi) is 5.04. The van der Waals surface area contributed by atoms with Gasteiger partial charge in [-0.25, -0.2) is 4.39 Å². The van der Waals surface area contributed by atoms with Crippen LogP contribution in [0, 0.1) is 5.82 Å². The molecule has 128 valence electrons. The van der Waals surface area contributed by atoms with Crippen LogP contribution in [0.2, 0.25) is 5.02 Å². The molecule has 1 saturated heterocycles. The molecule has 1 aliphatic heterocycles. The first-order chi connectivity index (χ1) is 11.5. The van der Waals surface area contributed by atoms with Crippen molar-refractivity contribution in [1.82, 2.24) is 15.1 Å². The third-order valence-electron chi connectivity index (χ3n) is 4.38. The molecule has 0 aliphatic carbocycles. The second kappa shape index (κ2) is 7.21. The summed E-state index contributed by atoms with van der Waals surface area (Å²) >= 11 is 5.84. The minimum Gasteiger partial charge on any atom is -0.371 e. The second-order valence-electron chi connectivity index (χ2n) is 6.06. The van der Waals surface area contributed by atoms with Crippen molar-refractivity contribution in [2.75, 3.05) is 18.0 Å². The molecule has 0 unspecified atom stereocenters. The lowest BCUT2D eigenvalue weighted by Crippen LogP contribution is -2.46. The summed E-state index contributed by atoms with van der Waals surface area (Å²) in [6, 6.07) is 6.27. The summed E-state index contributed by atoms with van der Waals surface area (Å²) in [5, 5.41) is 7.67. The van der Waals surface area contributed by atoms with Crippen molar-refractivity contribution in [1.29, 1.82) is 0 Å². The van der Waals surface area contributed by atoms with E-state index in [0.717, 1.165) is 31.6 Å². The van der Waals surface area contributed by atoms with Gasteiger partial charge in [0.15, 0.2) is 0 Å². The number of carbonyl (C=O) groups excluding carboxylic acids is 1. The van der Waals surface area contributed by atoms with Gasteiger partial charge in [0, 0.05) is 31.0 Å². The molecule has 1 aliphatic rings. The quantitative estimate of drug-likeness (QED) is 0.922. The highest BCUT2D eigenvalue weighted by atomic mass is 35.5. The summed E-state index contributed by atoms with van der Waals surface area (Å²) in [6.45, 7) is 3.46. The van der Waals surface area contributed by atoms with Gasteiger partial charge in [0.25, 0.3) is 0 Å². The van der Waals surface area contributed by atoms with Gasteiger partial charge in [-0.15, -0.1) is 0 Å². The van der Waals surface area contributed by atoms with E-state index in [9.17, 15) is 9.18 Å². The van der Waals surface area contributed by atoms with Crippen molar-refractivity contribution < 1.29 is 9.18 Å². The molecule has 0 bridgehead atoms. The van der Waals surface area contributed by atoms with E-state index in [-0.39, 0.29) is 17.8 Å². The van der Waals surface area contributed by atoms with Crippen LogP contribution in [-0.2, 0) is 4.79 Å². The maximum atomic E-state index is 13.0. The smallest absolute Gasteiger partial charge is 0.244 e. The van der Waals surface area contributed by atoms with E-state index in [0.29, 0.717) is 5.02 Å². The van der Waals surface area contributed by atoms with Crippen LogP contribution >= 0.6 is 11.6 Å². The van der Waals surface area contributed by atoms with Crippen LogP contribution in [0.1, 0.15) is 25.8 Å². The summed E-state index contributed by atoms with van der Waals surface area (Å²) in [4.78, 5) is 14.5. The summed E-state index contributed by atoms with van der Waals surface area (Å²) in [5.74, 6) is -0.288. The first-order valence-electron chi connectivity index (χ1n) is 8.03. The van der Waals surface area contributed by atoms with Crippen LogP contribution in [0.4, 0.5) is 10.1 Å². The fourth-order valence-corrected chi connectivity index (χ4v) is 3.05. The first kappa shape index (κ1) is 16.8. The fraction of sp³-hybridized carbons (Fsp3) is 0.412. The standard InChI is InChI=1S/C17H20ClFN4O/c1-12(23-11-13(18)10-20-23)17(24)21-15-6-8-22(9-7-15)16-4-2-14(19)3-5-16/h2-5,10-12,15H,6-9H2,1H3,(H,21,24)/t12-/m0/s1. The summed E-state index contributed by atoms with van der Waals surface area (Å²) in [7, 11) is 0. The number of hydrogen-bond acceptors (Lipinski definition) is 3. The van der Waals surface area contributed by atoms with Gasteiger partial charge in [0.2, 0.25) is 5.91 Å². The Morgan fingerprint density at radius 2 is 2.00 bits per heavy atom. The Balaban J connectivity index is 1.51. The number of carbonyl (C=O) groups is 1. The van der Waals surface area contributed by atoms with E-state index in [1.807, 2.05) is 0 Å². The molecule has 5 nitrogen and oxygen atoms in total. The lowest BCUT2D eigenvalue weighted by molar-refractivity contribution is -0.125. The highest BCUT2D eigenvalue weighted by Crippen LogP contribution is 2.21. The van der Waals surface area contributed by atoms with Crippen molar-refractivity contribution in [3.8, 4) is 0 Å². The highest BCUT2D eigenvalue weighted by molar-refractivity contribution is 6.30. The lowest BCUT2D eigenvalue weighted by atomic mass is 10.0. The van der Waals surface area contributed by atoms with Crippen LogP contribution in [0.15, 0.2) is 36.7 Å². The molecule has 1 atom stereocenters. The van der Waals surface area contributed by atoms with Crippen LogP contribution in [-0.4, -0.2) is 34.8 Å². The number of aromatic nitrogens is 2. The van der Waals surface area contributed by atoms with Crippen LogP contribution in [0.5, 0.6) is 0 Å². The highest BCUT2D eigenvalue weighted by Gasteiger charge is 2.24. The molecule has 0 radical (unpaired) electrons. The zero-order valence-corrected chi connectivity index (χ0v) is 14.2. The number of piperidine rings is 1. The SMILES string of the molecule is C[C@@H](C(=O)NC1CCN(c2ccc(F)cc2)CC1)n1cc(Cl)cn1. The first-order valence-corrected chi connectivity index (χ1v) is 8.41. The fourth-order valence-electron chi connectivity index (χ4n) is 2.90. The second-order valence-corrected chi connectivity index (χ2v) is 6.50. The number of hydrogen-bond donors (Lipinski definition) is 1. The Morgan fingerprint density at radius 1 is 1.33 bits per heavy atom. The van der Waals surface area contributed by atoms with Crippen molar-refractivity contribution >= 4 is 23.2 Å². The normalized spacial score (nSPS) is 16.9. The molecule has 3 rings (SSSR count). The largest absolute Gasteiger partial charge is 0.371 e. The van der Waals surface area contributed by atoms with E-state index in [4.69, 9.17) is 11.6 Å². The Morgan fingerprint density at radius 3 is 2.58 bits per heavy atom. The lowest BCUT2D eigenvalue weighted by Gasteiger charge is -2.34. The summed E-state index contributed by atoms with van der Waals surface area (Å²) in [6.07, 6.45) is 4.88. The summed E-state index contributed by atoms with van der Waals surface area (Å²) < 4.78 is 14.6. The Labute approximate surface area is 145 Å². The van der Waals surface area contributed by atoms with Gasteiger partial charge in [-0.05, 0) is 44.0 Å².